The van der Waals surface area contributed by atoms with Crippen LogP contribution in [0.3, 0.4) is 0 Å². The first-order valence-electron chi connectivity index (χ1n) is 10.3. The summed E-state index contributed by atoms with van der Waals surface area (Å²) in [5.74, 6) is 0.503. The normalized spacial score (nSPS) is 11.4. The Labute approximate surface area is 179 Å². The predicted molar refractivity (Wildman–Crippen MR) is 122 cm³/mol. The summed E-state index contributed by atoms with van der Waals surface area (Å²) in [5.41, 5.74) is 6.87. The summed E-state index contributed by atoms with van der Waals surface area (Å²) in [4.78, 5) is 4.69. The molecule has 4 nitrogen and oxygen atoms in total. The molecule has 3 aromatic carbocycles. The van der Waals surface area contributed by atoms with Gasteiger partial charge in [0, 0.05) is 22.5 Å². The molecule has 5 rings (SSSR count). The van der Waals surface area contributed by atoms with Gasteiger partial charge in [-0.05, 0) is 80.4 Å². The lowest BCUT2D eigenvalue weighted by Crippen LogP contribution is -1.98. The minimum absolute atomic E-state index is 0.278. The lowest BCUT2D eigenvalue weighted by Gasteiger charge is -2.08. The standard InChI is InChI=1S/C26H22FN3O/c1-4-31-21-11-12-24-22(14-21)26-23(15-28-24)25(18-6-5-16(2)17(3)13-18)29-30(26)20-9-7-19(27)8-10-20/h5-15H,4H2,1-3H3. The van der Waals surface area contributed by atoms with Gasteiger partial charge in [0.25, 0.3) is 0 Å². The fourth-order valence-electron chi connectivity index (χ4n) is 3.89. The van der Waals surface area contributed by atoms with E-state index in [1.54, 1.807) is 12.1 Å². The molecule has 0 aliphatic carbocycles. The van der Waals surface area contributed by atoms with Crippen molar-refractivity contribution in [3.8, 4) is 22.7 Å². The van der Waals surface area contributed by atoms with Crippen molar-refractivity contribution in [2.75, 3.05) is 6.61 Å². The molecule has 0 amide bonds. The molecule has 0 radical (unpaired) electrons. The van der Waals surface area contributed by atoms with Crippen molar-refractivity contribution >= 4 is 21.8 Å². The Morgan fingerprint density at radius 3 is 2.45 bits per heavy atom. The average molecular weight is 411 g/mol. The van der Waals surface area contributed by atoms with E-state index < -0.39 is 0 Å². The zero-order valence-electron chi connectivity index (χ0n) is 17.7. The number of halogens is 1. The third-order valence-electron chi connectivity index (χ3n) is 5.64. The summed E-state index contributed by atoms with van der Waals surface area (Å²) in [5, 5.41) is 6.85. The Morgan fingerprint density at radius 1 is 0.903 bits per heavy atom. The molecule has 0 spiro atoms. The maximum absolute atomic E-state index is 13.6. The highest BCUT2D eigenvalue weighted by Crippen LogP contribution is 2.35. The van der Waals surface area contributed by atoms with E-state index in [1.165, 1.54) is 23.3 Å². The van der Waals surface area contributed by atoms with Crippen molar-refractivity contribution in [3.05, 3.63) is 83.8 Å². The largest absolute Gasteiger partial charge is 0.494 e. The molecule has 0 atom stereocenters. The monoisotopic (exact) mass is 411 g/mol. The second-order valence-electron chi connectivity index (χ2n) is 7.67. The Kier molecular flexibility index (Phi) is 4.66. The van der Waals surface area contributed by atoms with Gasteiger partial charge in [-0.3, -0.25) is 4.98 Å². The van der Waals surface area contributed by atoms with Gasteiger partial charge in [-0.25, -0.2) is 9.07 Å². The minimum Gasteiger partial charge on any atom is -0.494 e. The maximum atomic E-state index is 13.6. The van der Waals surface area contributed by atoms with Crippen LogP contribution in [0.15, 0.2) is 66.9 Å². The zero-order chi connectivity index (χ0) is 21.5. The topological polar surface area (TPSA) is 39.9 Å². The number of nitrogens with zero attached hydrogens (tertiary/aromatic N) is 3. The zero-order valence-corrected chi connectivity index (χ0v) is 17.7. The fourth-order valence-corrected chi connectivity index (χ4v) is 3.89. The number of ether oxygens (including phenoxy) is 1. The van der Waals surface area contributed by atoms with Gasteiger partial charge in [-0.15, -0.1) is 0 Å². The van der Waals surface area contributed by atoms with E-state index in [2.05, 4.69) is 37.0 Å². The number of aryl methyl sites for hydroxylation is 2. The summed E-state index contributed by atoms with van der Waals surface area (Å²) in [6.07, 6.45) is 1.87. The van der Waals surface area contributed by atoms with E-state index in [9.17, 15) is 4.39 Å². The molecule has 0 saturated heterocycles. The van der Waals surface area contributed by atoms with Gasteiger partial charge < -0.3 is 4.74 Å². The second-order valence-corrected chi connectivity index (χ2v) is 7.67. The molecule has 0 aliphatic rings. The Balaban J connectivity index is 1.86. The molecular formula is C26H22FN3O. The number of fused-ring (bicyclic) bond motifs is 3. The van der Waals surface area contributed by atoms with Crippen LogP contribution in [0, 0.1) is 19.7 Å². The van der Waals surface area contributed by atoms with Crippen molar-refractivity contribution in [1.82, 2.24) is 14.8 Å². The van der Waals surface area contributed by atoms with E-state index in [0.29, 0.717) is 6.61 Å². The quantitative estimate of drug-likeness (QED) is 0.344. The molecule has 2 aromatic heterocycles. The van der Waals surface area contributed by atoms with Crippen LogP contribution in [-0.4, -0.2) is 21.4 Å². The Bertz CT molecular complexity index is 1420. The fraction of sp³-hybridized carbons (Fsp3) is 0.154. The first-order chi connectivity index (χ1) is 15.0. The first-order valence-corrected chi connectivity index (χ1v) is 10.3. The molecule has 0 fully saturated rings. The van der Waals surface area contributed by atoms with Crippen molar-refractivity contribution < 1.29 is 9.13 Å². The van der Waals surface area contributed by atoms with Gasteiger partial charge in [-0.2, -0.15) is 5.10 Å². The van der Waals surface area contributed by atoms with Crippen LogP contribution < -0.4 is 4.74 Å². The highest BCUT2D eigenvalue weighted by molar-refractivity contribution is 6.09. The lowest BCUT2D eigenvalue weighted by atomic mass is 10.0. The molecule has 0 bridgehead atoms. The van der Waals surface area contributed by atoms with Crippen molar-refractivity contribution in [1.29, 1.82) is 0 Å². The molecule has 0 aliphatic heterocycles. The Hall–Kier alpha value is -3.73. The van der Waals surface area contributed by atoms with E-state index in [1.807, 2.05) is 36.0 Å². The molecule has 154 valence electrons. The highest BCUT2D eigenvalue weighted by atomic mass is 19.1. The highest BCUT2D eigenvalue weighted by Gasteiger charge is 2.18. The number of hydrogen-bond acceptors (Lipinski definition) is 3. The first kappa shape index (κ1) is 19.2. The van der Waals surface area contributed by atoms with Gasteiger partial charge in [0.1, 0.15) is 17.3 Å². The second kappa shape index (κ2) is 7.51. The van der Waals surface area contributed by atoms with Gasteiger partial charge in [0.15, 0.2) is 0 Å². The molecule has 2 heterocycles. The molecule has 5 heteroatoms. The third kappa shape index (κ3) is 3.32. The van der Waals surface area contributed by atoms with E-state index in [0.717, 1.165) is 44.5 Å². The Morgan fingerprint density at radius 2 is 1.71 bits per heavy atom. The van der Waals surface area contributed by atoms with E-state index >= 15 is 0 Å². The van der Waals surface area contributed by atoms with Crippen LogP contribution >= 0.6 is 0 Å². The maximum Gasteiger partial charge on any atom is 0.123 e. The van der Waals surface area contributed by atoms with Gasteiger partial charge in [0.2, 0.25) is 0 Å². The third-order valence-corrected chi connectivity index (χ3v) is 5.64. The molecule has 0 saturated carbocycles. The number of hydrogen-bond donors (Lipinski definition) is 0. The van der Waals surface area contributed by atoms with Crippen LogP contribution in [-0.2, 0) is 0 Å². The van der Waals surface area contributed by atoms with Crippen molar-refractivity contribution in [2.45, 2.75) is 20.8 Å². The van der Waals surface area contributed by atoms with Crippen LogP contribution in [0.4, 0.5) is 4.39 Å². The summed E-state index contributed by atoms with van der Waals surface area (Å²) in [7, 11) is 0. The number of benzene rings is 3. The van der Waals surface area contributed by atoms with Gasteiger partial charge >= 0.3 is 0 Å². The van der Waals surface area contributed by atoms with E-state index in [4.69, 9.17) is 9.84 Å². The van der Waals surface area contributed by atoms with Crippen LogP contribution in [0.25, 0.3) is 38.8 Å². The molecule has 5 aromatic rings. The van der Waals surface area contributed by atoms with Gasteiger partial charge in [-0.1, -0.05) is 12.1 Å². The smallest absolute Gasteiger partial charge is 0.123 e. The van der Waals surface area contributed by atoms with Crippen LogP contribution in [0.5, 0.6) is 5.75 Å². The minimum atomic E-state index is -0.278. The summed E-state index contributed by atoms with van der Waals surface area (Å²) < 4.78 is 21.2. The number of pyridine rings is 1. The summed E-state index contributed by atoms with van der Waals surface area (Å²) >= 11 is 0. The number of rotatable bonds is 4. The van der Waals surface area contributed by atoms with E-state index in [-0.39, 0.29) is 5.82 Å². The molecule has 0 unspecified atom stereocenters. The molecule has 0 N–H and O–H groups in total. The summed E-state index contributed by atoms with van der Waals surface area (Å²) in [6.45, 7) is 6.74. The van der Waals surface area contributed by atoms with Crippen molar-refractivity contribution in [3.63, 3.8) is 0 Å². The van der Waals surface area contributed by atoms with Crippen molar-refractivity contribution in [2.24, 2.45) is 0 Å². The number of aromatic nitrogens is 3. The SMILES string of the molecule is CCOc1ccc2ncc3c(-c4ccc(C)c(C)c4)nn(-c4ccc(F)cc4)c3c2c1. The molecular weight excluding hydrogens is 389 g/mol. The van der Waals surface area contributed by atoms with Gasteiger partial charge in [0.05, 0.1) is 23.3 Å². The van der Waals surface area contributed by atoms with Crippen LogP contribution in [0.2, 0.25) is 0 Å². The molecule has 31 heavy (non-hydrogen) atoms. The van der Waals surface area contributed by atoms with Crippen LogP contribution in [0.1, 0.15) is 18.1 Å². The average Bonchev–Trinajstić information content (AvgIpc) is 3.16. The summed E-state index contributed by atoms with van der Waals surface area (Å²) in [6, 6.07) is 18.6. The lowest BCUT2D eigenvalue weighted by molar-refractivity contribution is 0.341. The predicted octanol–water partition coefficient (Wildman–Crippen LogP) is 6.40.